The Morgan fingerprint density at radius 2 is 2.05 bits per heavy atom. The first kappa shape index (κ1) is 13.3. The third-order valence-electron chi connectivity index (χ3n) is 4.28. The molecule has 0 aliphatic carbocycles. The second-order valence-corrected chi connectivity index (χ2v) is 6.09. The highest BCUT2D eigenvalue weighted by atomic mass is 15.3. The van der Waals surface area contributed by atoms with E-state index in [2.05, 4.69) is 60.4 Å². The van der Waals surface area contributed by atoms with Crippen LogP contribution in [-0.2, 0) is 11.8 Å². The van der Waals surface area contributed by atoms with Gasteiger partial charge >= 0.3 is 0 Å². The molecule has 1 N–H and O–H groups in total. The van der Waals surface area contributed by atoms with Gasteiger partial charge in [0.2, 0.25) is 0 Å². The van der Waals surface area contributed by atoms with Gasteiger partial charge in [-0.3, -0.25) is 0 Å². The van der Waals surface area contributed by atoms with Gasteiger partial charge in [-0.05, 0) is 31.9 Å². The standard InChI is InChI=1S/C16H22N4/c1-12(2)20-15(18-11-19-20)8-16(9-17-10-16)14-7-5-4-6-13(14)3/h4-7,11-12,17H,8-10H2,1-3H3. The van der Waals surface area contributed by atoms with Gasteiger partial charge in [-0.1, -0.05) is 24.3 Å². The lowest BCUT2D eigenvalue weighted by Crippen LogP contribution is -2.58. The molecule has 1 saturated heterocycles. The van der Waals surface area contributed by atoms with Gasteiger partial charge < -0.3 is 5.32 Å². The summed E-state index contributed by atoms with van der Waals surface area (Å²) >= 11 is 0. The Kier molecular flexibility index (Phi) is 3.34. The lowest BCUT2D eigenvalue weighted by Gasteiger charge is -2.44. The Bertz CT molecular complexity index is 596. The van der Waals surface area contributed by atoms with E-state index in [1.807, 2.05) is 4.68 Å². The molecule has 1 aliphatic rings. The normalized spacial score (nSPS) is 17.2. The Morgan fingerprint density at radius 1 is 1.30 bits per heavy atom. The van der Waals surface area contributed by atoms with Crippen molar-refractivity contribution in [2.45, 2.75) is 38.6 Å². The molecule has 2 heterocycles. The summed E-state index contributed by atoms with van der Waals surface area (Å²) in [6, 6.07) is 9.05. The van der Waals surface area contributed by atoms with E-state index in [1.54, 1.807) is 6.33 Å². The van der Waals surface area contributed by atoms with Gasteiger partial charge in [0.25, 0.3) is 0 Å². The Hall–Kier alpha value is -1.68. The zero-order valence-electron chi connectivity index (χ0n) is 12.4. The van der Waals surface area contributed by atoms with Crippen molar-refractivity contribution in [3.8, 4) is 0 Å². The van der Waals surface area contributed by atoms with E-state index in [0.29, 0.717) is 6.04 Å². The minimum atomic E-state index is 0.172. The fourth-order valence-corrected chi connectivity index (χ4v) is 3.14. The average Bonchev–Trinajstić information content (AvgIpc) is 2.83. The summed E-state index contributed by atoms with van der Waals surface area (Å²) in [5.74, 6) is 1.09. The van der Waals surface area contributed by atoms with E-state index < -0.39 is 0 Å². The molecule has 4 nitrogen and oxygen atoms in total. The van der Waals surface area contributed by atoms with E-state index in [1.165, 1.54) is 11.1 Å². The fourth-order valence-electron chi connectivity index (χ4n) is 3.14. The molecular formula is C16H22N4. The molecule has 0 spiro atoms. The topological polar surface area (TPSA) is 42.7 Å². The maximum absolute atomic E-state index is 4.48. The van der Waals surface area contributed by atoms with Crippen LogP contribution < -0.4 is 5.32 Å². The highest BCUT2D eigenvalue weighted by Crippen LogP contribution is 2.34. The molecule has 0 bridgehead atoms. The van der Waals surface area contributed by atoms with E-state index in [4.69, 9.17) is 0 Å². The number of hydrogen-bond donors (Lipinski definition) is 1. The molecule has 106 valence electrons. The molecule has 1 aromatic carbocycles. The zero-order chi connectivity index (χ0) is 14.2. The van der Waals surface area contributed by atoms with Crippen LogP contribution in [0.25, 0.3) is 0 Å². The molecular weight excluding hydrogens is 248 g/mol. The van der Waals surface area contributed by atoms with Crippen molar-refractivity contribution in [3.63, 3.8) is 0 Å². The number of aryl methyl sites for hydroxylation is 1. The van der Waals surface area contributed by atoms with Gasteiger partial charge in [-0.2, -0.15) is 5.10 Å². The Labute approximate surface area is 120 Å². The van der Waals surface area contributed by atoms with Gasteiger partial charge in [0.05, 0.1) is 0 Å². The highest BCUT2D eigenvalue weighted by molar-refractivity contribution is 5.37. The molecule has 2 aromatic rings. The predicted molar refractivity (Wildman–Crippen MR) is 79.8 cm³/mol. The number of aromatic nitrogens is 3. The molecule has 0 unspecified atom stereocenters. The van der Waals surface area contributed by atoms with E-state index in [0.717, 1.165) is 25.3 Å². The van der Waals surface area contributed by atoms with Gasteiger partial charge in [-0.25, -0.2) is 9.67 Å². The van der Waals surface area contributed by atoms with Crippen molar-refractivity contribution >= 4 is 0 Å². The first-order chi connectivity index (χ1) is 9.62. The van der Waals surface area contributed by atoms with Crippen molar-refractivity contribution in [1.29, 1.82) is 0 Å². The molecule has 20 heavy (non-hydrogen) atoms. The van der Waals surface area contributed by atoms with E-state index in [-0.39, 0.29) is 5.41 Å². The van der Waals surface area contributed by atoms with Crippen LogP contribution in [0.3, 0.4) is 0 Å². The van der Waals surface area contributed by atoms with Crippen molar-refractivity contribution < 1.29 is 0 Å². The first-order valence-corrected chi connectivity index (χ1v) is 7.28. The van der Waals surface area contributed by atoms with Crippen LogP contribution in [-0.4, -0.2) is 27.9 Å². The molecule has 0 saturated carbocycles. The second-order valence-electron chi connectivity index (χ2n) is 6.09. The lowest BCUT2D eigenvalue weighted by atomic mass is 9.71. The molecule has 3 rings (SSSR count). The number of nitrogens with one attached hydrogen (secondary N) is 1. The Morgan fingerprint density at radius 3 is 2.65 bits per heavy atom. The van der Waals surface area contributed by atoms with Gasteiger partial charge in [0.15, 0.2) is 0 Å². The van der Waals surface area contributed by atoms with E-state index in [9.17, 15) is 0 Å². The minimum Gasteiger partial charge on any atom is -0.315 e. The minimum absolute atomic E-state index is 0.172. The van der Waals surface area contributed by atoms with Crippen LogP contribution in [0, 0.1) is 6.92 Å². The van der Waals surface area contributed by atoms with Crippen LogP contribution in [0.5, 0.6) is 0 Å². The van der Waals surface area contributed by atoms with Crippen LogP contribution in [0.1, 0.15) is 36.8 Å². The van der Waals surface area contributed by atoms with Crippen LogP contribution in [0.4, 0.5) is 0 Å². The molecule has 4 heteroatoms. The maximum Gasteiger partial charge on any atom is 0.138 e. The number of hydrogen-bond acceptors (Lipinski definition) is 3. The molecule has 0 radical (unpaired) electrons. The highest BCUT2D eigenvalue weighted by Gasteiger charge is 2.40. The third kappa shape index (κ3) is 2.14. The fraction of sp³-hybridized carbons (Fsp3) is 0.500. The SMILES string of the molecule is Cc1ccccc1C1(Cc2ncnn2C(C)C)CNC1. The summed E-state index contributed by atoms with van der Waals surface area (Å²) in [7, 11) is 0. The first-order valence-electron chi connectivity index (χ1n) is 7.28. The third-order valence-corrected chi connectivity index (χ3v) is 4.28. The molecule has 1 aliphatic heterocycles. The van der Waals surface area contributed by atoms with Crippen LogP contribution >= 0.6 is 0 Å². The summed E-state index contributed by atoms with van der Waals surface area (Å²) in [6.45, 7) is 8.53. The van der Waals surface area contributed by atoms with Crippen molar-refractivity contribution in [1.82, 2.24) is 20.1 Å². The number of rotatable bonds is 4. The molecule has 0 atom stereocenters. The van der Waals surface area contributed by atoms with Crippen molar-refractivity contribution in [2.75, 3.05) is 13.1 Å². The number of benzene rings is 1. The summed E-state index contributed by atoms with van der Waals surface area (Å²) in [4.78, 5) is 4.48. The molecule has 0 amide bonds. The van der Waals surface area contributed by atoms with Crippen molar-refractivity contribution in [2.24, 2.45) is 0 Å². The smallest absolute Gasteiger partial charge is 0.138 e. The van der Waals surface area contributed by atoms with Crippen LogP contribution in [0.15, 0.2) is 30.6 Å². The zero-order valence-corrected chi connectivity index (χ0v) is 12.4. The van der Waals surface area contributed by atoms with E-state index >= 15 is 0 Å². The molecule has 1 fully saturated rings. The summed E-state index contributed by atoms with van der Waals surface area (Å²) < 4.78 is 2.04. The monoisotopic (exact) mass is 270 g/mol. The second kappa shape index (κ2) is 5.02. The molecule has 1 aromatic heterocycles. The largest absolute Gasteiger partial charge is 0.315 e. The summed E-state index contributed by atoms with van der Waals surface area (Å²) in [5.41, 5.74) is 2.98. The quantitative estimate of drug-likeness (QED) is 0.926. The Balaban J connectivity index is 1.94. The lowest BCUT2D eigenvalue weighted by molar-refractivity contribution is 0.263. The van der Waals surface area contributed by atoms with Gasteiger partial charge in [0, 0.05) is 31.0 Å². The number of nitrogens with zero attached hydrogens (tertiary/aromatic N) is 3. The van der Waals surface area contributed by atoms with Gasteiger partial charge in [-0.15, -0.1) is 0 Å². The van der Waals surface area contributed by atoms with Crippen molar-refractivity contribution in [3.05, 3.63) is 47.5 Å². The average molecular weight is 270 g/mol. The van der Waals surface area contributed by atoms with Crippen LogP contribution in [0.2, 0.25) is 0 Å². The maximum atomic E-state index is 4.48. The predicted octanol–water partition coefficient (Wildman–Crippen LogP) is 2.25. The summed E-state index contributed by atoms with van der Waals surface area (Å²) in [5, 5.41) is 7.79. The van der Waals surface area contributed by atoms with Gasteiger partial charge in [0.1, 0.15) is 12.2 Å². The summed E-state index contributed by atoms with van der Waals surface area (Å²) in [6.07, 6.45) is 2.62.